The lowest BCUT2D eigenvalue weighted by atomic mass is 9.99. The van der Waals surface area contributed by atoms with Crippen molar-refractivity contribution >= 4 is 29.2 Å². The predicted molar refractivity (Wildman–Crippen MR) is 70.4 cm³/mol. The number of thioether (sulfide) groups is 1. The summed E-state index contributed by atoms with van der Waals surface area (Å²) in [5.41, 5.74) is 0. The van der Waals surface area contributed by atoms with Crippen LogP contribution >= 0.6 is 23.4 Å². The Morgan fingerprint density at radius 2 is 2.12 bits per heavy atom. The summed E-state index contributed by atoms with van der Waals surface area (Å²) < 4.78 is 0. The Labute approximate surface area is 106 Å². The van der Waals surface area contributed by atoms with Gasteiger partial charge < -0.3 is 4.90 Å². The van der Waals surface area contributed by atoms with Crippen molar-refractivity contribution < 1.29 is 0 Å². The molecule has 3 nitrogen and oxygen atoms in total. The van der Waals surface area contributed by atoms with Gasteiger partial charge in [-0.25, -0.2) is 0 Å². The van der Waals surface area contributed by atoms with Crippen LogP contribution in [-0.2, 0) is 0 Å². The van der Waals surface area contributed by atoms with Crippen molar-refractivity contribution in [1.82, 2.24) is 10.2 Å². The molecule has 1 aromatic rings. The van der Waals surface area contributed by atoms with Gasteiger partial charge in [0.1, 0.15) is 0 Å². The fourth-order valence-corrected chi connectivity index (χ4v) is 2.95. The normalized spacial score (nSPS) is 17.8. The SMILES string of the molecule is CSCC1CCN(c2ccc(Cl)nn2)CC1. The highest BCUT2D eigenvalue weighted by Gasteiger charge is 2.19. The Hall–Kier alpha value is -0.480. The number of aromatic nitrogens is 2. The molecule has 0 radical (unpaired) electrons. The van der Waals surface area contributed by atoms with Crippen LogP contribution in [0.2, 0.25) is 5.15 Å². The summed E-state index contributed by atoms with van der Waals surface area (Å²) in [5.74, 6) is 3.10. The maximum absolute atomic E-state index is 5.72. The van der Waals surface area contributed by atoms with E-state index in [1.165, 1.54) is 18.6 Å². The largest absolute Gasteiger partial charge is 0.355 e. The van der Waals surface area contributed by atoms with Crippen LogP contribution in [0.25, 0.3) is 0 Å². The highest BCUT2D eigenvalue weighted by molar-refractivity contribution is 7.98. The Morgan fingerprint density at radius 3 is 2.69 bits per heavy atom. The van der Waals surface area contributed by atoms with Crippen LogP contribution in [0.5, 0.6) is 0 Å². The lowest BCUT2D eigenvalue weighted by Gasteiger charge is -2.32. The third kappa shape index (κ3) is 3.01. The van der Waals surface area contributed by atoms with Gasteiger partial charge in [-0.2, -0.15) is 11.8 Å². The average molecular weight is 258 g/mol. The number of hydrogen-bond acceptors (Lipinski definition) is 4. The van der Waals surface area contributed by atoms with Gasteiger partial charge in [0.05, 0.1) is 0 Å². The van der Waals surface area contributed by atoms with E-state index >= 15 is 0 Å². The molecule has 88 valence electrons. The number of anilines is 1. The first-order valence-corrected chi connectivity index (χ1v) is 7.30. The molecule has 0 aliphatic carbocycles. The van der Waals surface area contributed by atoms with E-state index in [2.05, 4.69) is 21.4 Å². The topological polar surface area (TPSA) is 29.0 Å². The molecule has 0 amide bonds. The van der Waals surface area contributed by atoms with Crippen molar-refractivity contribution in [3.8, 4) is 0 Å². The number of nitrogens with zero attached hydrogens (tertiary/aromatic N) is 3. The van der Waals surface area contributed by atoms with Gasteiger partial charge >= 0.3 is 0 Å². The van der Waals surface area contributed by atoms with Gasteiger partial charge in [0.2, 0.25) is 0 Å². The molecule has 0 bridgehead atoms. The molecule has 1 aromatic heterocycles. The fourth-order valence-electron chi connectivity index (χ4n) is 2.04. The third-order valence-corrected chi connectivity index (χ3v) is 3.97. The molecular weight excluding hydrogens is 242 g/mol. The highest BCUT2D eigenvalue weighted by atomic mass is 35.5. The minimum atomic E-state index is 0.459. The summed E-state index contributed by atoms with van der Waals surface area (Å²) in [5, 5.41) is 8.45. The second-order valence-electron chi connectivity index (χ2n) is 4.10. The minimum absolute atomic E-state index is 0.459. The van der Waals surface area contributed by atoms with Crippen LogP contribution < -0.4 is 4.90 Å². The van der Waals surface area contributed by atoms with Gasteiger partial charge in [-0.1, -0.05) is 11.6 Å². The zero-order chi connectivity index (χ0) is 11.4. The standard InChI is InChI=1S/C11H16ClN3S/c1-16-8-9-4-6-15(7-5-9)11-3-2-10(12)13-14-11/h2-3,9H,4-8H2,1H3. The van der Waals surface area contributed by atoms with E-state index in [9.17, 15) is 0 Å². The molecule has 0 atom stereocenters. The van der Waals surface area contributed by atoms with E-state index in [0.717, 1.165) is 24.8 Å². The predicted octanol–water partition coefficient (Wildman–Crippen LogP) is 2.71. The molecule has 5 heteroatoms. The van der Waals surface area contributed by atoms with Gasteiger partial charge in [-0.05, 0) is 42.9 Å². The second-order valence-corrected chi connectivity index (χ2v) is 5.40. The lowest BCUT2D eigenvalue weighted by Crippen LogP contribution is -2.35. The molecule has 0 saturated carbocycles. The molecule has 2 heterocycles. The smallest absolute Gasteiger partial charge is 0.151 e. The number of piperidine rings is 1. The van der Waals surface area contributed by atoms with Crippen LogP contribution in [0.1, 0.15) is 12.8 Å². The molecule has 0 N–H and O–H groups in total. The molecule has 1 saturated heterocycles. The van der Waals surface area contributed by atoms with Crippen LogP contribution in [0.15, 0.2) is 12.1 Å². The van der Waals surface area contributed by atoms with E-state index in [0.29, 0.717) is 5.15 Å². The monoisotopic (exact) mass is 257 g/mol. The zero-order valence-corrected chi connectivity index (χ0v) is 11.0. The van der Waals surface area contributed by atoms with Crippen molar-refractivity contribution in [3.63, 3.8) is 0 Å². The van der Waals surface area contributed by atoms with Crippen molar-refractivity contribution in [2.75, 3.05) is 30.0 Å². The summed E-state index contributed by atoms with van der Waals surface area (Å²) in [6.07, 6.45) is 4.69. The Balaban J connectivity index is 1.91. The first-order valence-electron chi connectivity index (χ1n) is 5.52. The molecule has 0 unspecified atom stereocenters. The van der Waals surface area contributed by atoms with Crippen molar-refractivity contribution in [3.05, 3.63) is 17.3 Å². The third-order valence-electron chi connectivity index (χ3n) is 2.96. The first-order chi connectivity index (χ1) is 7.79. The van der Waals surface area contributed by atoms with Crippen LogP contribution in [0, 0.1) is 5.92 Å². The van der Waals surface area contributed by atoms with Gasteiger partial charge in [0.15, 0.2) is 11.0 Å². The van der Waals surface area contributed by atoms with E-state index in [4.69, 9.17) is 11.6 Å². The summed E-state index contributed by atoms with van der Waals surface area (Å²) in [6.45, 7) is 2.17. The summed E-state index contributed by atoms with van der Waals surface area (Å²) in [6, 6.07) is 3.75. The highest BCUT2D eigenvalue weighted by Crippen LogP contribution is 2.23. The molecule has 0 aromatic carbocycles. The summed E-state index contributed by atoms with van der Waals surface area (Å²) >= 11 is 7.66. The van der Waals surface area contributed by atoms with Crippen molar-refractivity contribution in [2.45, 2.75) is 12.8 Å². The molecule has 2 rings (SSSR count). The lowest BCUT2D eigenvalue weighted by molar-refractivity contribution is 0.442. The van der Waals surface area contributed by atoms with Gasteiger partial charge in [-0.15, -0.1) is 10.2 Å². The van der Waals surface area contributed by atoms with Crippen LogP contribution in [-0.4, -0.2) is 35.3 Å². The number of rotatable bonds is 3. The maximum atomic E-state index is 5.72. The van der Waals surface area contributed by atoms with Crippen molar-refractivity contribution in [1.29, 1.82) is 0 Å². The second kappa shape index (κ2) is 5.73. The van der Waals surface area contributed by atoms with Crippen LogP contribution in [0.3, 0.4) is 0 Å². The Kier molecular flexibility index (Phi) is 4.29. The van der Waals surface area contributed by atoms with Gasteiger partial charge in [-0.3, -0.25) is 0 Å². The summed E-state index contributed by atoms with van der Waals surface area (Å²) in [7, 11) is 0. The minimum Gasteiger partial charge on any atom is -0.355 e. The van der Waals surface area contributed by atoms with Crippen molar-refractivity contribution in [2.24, 2.45) is 5.92 Å². The van der Waals surface area contributed by atoms with E-state index < -0.39 is 0 Å². The Morgan fingerprint density at radius 1 is 1.38 bits per heavy atom. The Bertz CT molecular complexity index is 323. The molecule has 16 heavy (non-hydrogen) atoms. The van der Waals surface area contributed by atoms with E-state index in [-0.39, 0.29) is 0 Å². The van der Waals surface area contributed by atoms with E-state index in [1.54, 1.807) is 6.07 Å². The quantitative estimate of drug-likeness (QED) is 0.833. The molecule has 1 aliphatic rings. The molecule has 1 aliphatic heterocycles. The molecular formula is C11H16ClN3S. The zero-order valence-electron chi connectivity index (χ0n) is 9.40. The maximum Gasteiger partial charge on any atom is 0.151 e. The number of hydrogen-bond donors (Lipinski definition) is 0. The fraction of sp³-hybridized carbons (Fsp3) is 0.636. The average Bonchev–Trinajstić information content (AvgIpc) is 2.32. The van der Waals surface area contributed by atoms with Gasteiger partial charge in [0, 0.05) is 13.1 Å². The molecule has 0 spiro atoms. The van der Waals surface area contributed by atoms with E-state index in [1.807, 2.05) is 17.8 Å². The number of halogens is 1. The summed E-state index contributed by atoms with van der Waals surface area (Å²) in [4.78, 5) is 2.29. The van der Waals surface area contributed by atoms with Crippen LogP contribution in [0.4, 0.5) is 5.82 Å². The van der Waals surface area contributed by atoms with Gasteiger partial charge in [0.25, 0.3) is 0 Å². The molecule has 1 fully saturated rings. The first kappa shape index (κ1) is 12.0.